The van der Waals surface area contributed by atoms with Crippen LogP contribution in [-0.4, -0.2) is 51.2 Å². The SMILES string of the molecule is CC[N+](C)(CC)CCOC(C)OC. The van der Waals surface area contributed by atoms with Gasteiger partial charge in [0.1, 0.15) is 6.54 Å². The Morgan fingerprint density at radius 1 is 1.23 bits per heavy atom. The van der Waals surface area contributed by atoms with Gasteiger partial charge in [-0.15, -0.1) is 0 Å². The summed E-state index contributed by atoms with van der Waals surface area (Å²) in [7, 11) is 3.92. The predicted octanol–water partition coefficient (Wildman–Crippen LogP) is 1.48. The predicted molar refractivity (Wildman–Crippen MR) is 54.6 cm³/mol. The molecule has 0 amide bonds. The summed E-state index contributed by atoms with van der Waals surface area (Å²) < 4.78 is 11.5. The Labute approximate surface area is 82.2 Å². The minimum atomic E-state index is -0.0813. The van der Waals surface area contributed by atoms with E-state index in [0.717, 1.165) is 30.7 Å². The molecule has 0 aliphatic rings. The number of likely N-dealkylation sites (N-methyl/N-ethyl adjacent to an activating group) is 1. The van der Waals surface area contributed by atoms with Crippen LogP contribution in [0, 0.1) is 0 Å². The lowest BCUT2D eigenvalue weighted by Gasteiger charge is -2.32. The van der Waals surface area contributed by atoms with Crippen molar-refractivity contribution in [3.8, 4) is 0 Å². The first kappa shape index (κ1) is 12.9. The van der Waals surface area contributed by atoms with Crippen molar-refractivity contribution >= 4 is 0 Å². The Morgan fingerprint density at radius 3 is 2.15 bits per heavy atom. The number of ether oxygens (including phenoxy) is 2. The third kappa shape index (κ3) is 5.24. The van der Waals surface area contributed by atoms with E-state index in [1.165, 1.54) is 0 Å². The van der Waals surface area contributed by atoms with Gasteiger partial charge in [0.05, 0.1) is 26.7 Å². The van der Waals surface area contributed by atoms with E-state index < -0.39 is 0 Å². The van der Waals surface area contributed by atoms with Gasteiger partial charge in [-0.25, -0.2) is 0 Å². The number of methoxy groups -OCH3 is 1. The van der Waals surface area contributed by atoms with Crippen molar-refractivity contribution < 1.29 is 14.0 Å². The molecule has 1 atom stereocenters. The van der Waals surface area contributed by atoms with Crippen LogP contribution in [0.3, 0.4) is 0 Å². The molecule has 3 heteroatoms. The van der Waals surface area contributed by atoms with Crippen LogP contribution in [0.5, 0.6) is 0 Å². The molecule has 0 aromatic carbocycles. The van der Waals surface area contributed by atoms with Crippen LogP contribution in [0.25, 0.3) is 0 Å². The van der Waals surface area contributed by atoms with Gasteiger partial charge in [0.2, 0.25) is 0 Å². The van der Waals surface area contributed by atoms with Gasteiger partial charge < -0.3 is 14.0 Å². The molecule has 3 nitrogen and oxygen atoms in total. The zero-order valence-corrected chi connectivity index (χ0v) is 9.67. The fraction of sp³-hybridized carbons (Fsp3) is 1.00. The van der Waals surface area contributed by atoms with Gasteiger partial charge in [-0.3, -0.25) is 0 Å². The summed E-state index contributed by atoms with van der Waals surface area (Å²) >= 11 is 0. The molecular formula is C10H24NO2+. The minimum absolute atomic E-state index is 0.0813. The van der Waals surface area contributed by atoms with Crippen molar-refractivity contribution in [2.24, 2.45) is 0 Å². The quantitative estimate of drug-likeness (QED) is 0.447. The number of quaternary nitrogens is 1. The van der Waals surface area contributed by atoms with E-state index >= 15 is 0 Å². The molecule has 0 heterocycles. The van der Waals surface area contributed by atoms with Crippen molar-refractivity contribution in [2.45, 2.75) is 27.1 Å². The smallest absolute Gasteiger partial charge is 0.154 e. The molecule has 13 heavy (non-hydrogen) atoms. The van der Waals surface area contributed by atoms with Crippen molar-refractivity contribution in [3.05, 3.63) is 0 Å². The van der Waals surface area contributed by atoms with Gasteiger partial charge in [0, 0.05) is 7.11 Å². The Balaban J connectivity index is 3.61. The summed E-state index contributed by atoms with van der Waals surface area (Å²) in [6.45, 7) is 10.5. The maximum Gasteiger partial charge on any atom is 0.154 e. The lowest BCUT2D eigenvalue weighted by atomic mass is 10.4. The molecule has 0 aromatic heterocycles. The average molecular weight is 190 g/mol. The zero-order chi connectivity index (χ0) is 10.3. The molecule has 0 saturated heterocycles. The lowest BCUT2D eigenvalue weighted by molar-refractivity contribution is -0.906. The summed E-state index contributed by atoms with van der Waals surface area (Å²) in [5, 5.41) is 0. The highest BCUT2D eigenvalue weighted by molar-refractivity contribution is 4.36. The number of rotatable bonds is 7. The van der Waals surface area contributed by atoms with E-state index in [-0.39, 0.29) is 6.29 Å². The fourth-order valence-corrected chi connectivity index (χ4v) is 1.05. The number of hydrogen-bond acceptors (Lipinski definition) is 2. The van der Waals surface area contributed by atoms with Gasteiger partial charge >= 0.3 is 0 Å². The second kappa shape index (κ2) is 6.35. The third-order valence-corrected chi connectivity index (χ3v) is 2.84. The largest absolute Gasteiger partial charge is 0.356 e. The molecule has 0 aromatic rings. The highest BCUT2D eigenvalue weighted by Crippen LogP contribution is 2.01. The topological polar surface area (TPSA) is 18.5 Å². The van der Waals surface area contributed by atoms with E-state index in [9.17, 15) is 0 Å². The van der Waals surface area contributed by atoms with Crippen LogP contribution in [0.1, 0.15) is 20.8 Å². The van der Waals surface area contributed by atoms with Crippen molar-refractivity contribution in [1.82, 2.24) is 0 Å². The molecule has 0 bridgehead atoms. The van der Waals surface area contributed by atoms with Crippen LogP contribution >= 0.6 is 0 Å². The van der Waals surface area contributed by atoms with E-state index in [4.69, 9.17) is 9.47 Å². The second-order valence-electron chi connectivity index (χ2n) is 3.65. The Hall–Kier alpha value is -0.120. The first-order valence-electron chi connectivity index (χ1n) is 5.06. The monoisotopic (exact) mass is 190 g/mol. The van der Waals surface area contributed by atoms with E-state index in [2.05, 4.69) is 20.9 Å². The Kier molecular flexibility index (Phi) is 6.29. The summed E-state index contributed by atoms with van der Waals surface area (Å²) in [4.78, 5) is 0. The van der Waals surface area contributed by atoms with Crippen LogP contribution in [0.4, 0.5) is 0 Å². The molecule has 1 unspecified atom stereocenters. The molecule has 0 aliphatic heterocycles. The third-order valence-electron chi connectivity index (χ3n) is 2.84. The molecular weight excluding hydrogens is 166 g/mol. The molecule has 0 radical (unpaired) electrons. The molecule has 80 valence electrons. The van der Waals surface area contributed by atoms with Gasteiger partial charge in [-0.1, -0.05) is 0 Å². The van der Waals surface area contributed by atoms with Gasteiger partial charge in [-0.2, -0.15) is 0 Å². The van der Waals surface area contributed by atoms with Crippen LogP contribution in [0.15, 0.2) is 0 Å². The van der Waals surface area contributed by atoms with E-state index in [0.29, 0.717) is 0 Å². The Morgan fingerprint density at radius 2 is 1.77 bits per heavy atom. The highest BCUT2D eigenvalue weighted by Gasteiger charge is 2.16. The summed E-state index contributed by atoms with van der Waals surface area (Å²) in [6.07, 6.45) is -0.0813. The van der Waals surface area contributed by atoms with Crippen molar-refractivity contribution in [3.63, 3.8) is 0 Å². The second-order valence-corrected chi connectivity index (χ2v) is 3.65. The van der Waals surface area contributed by atoms with E-state index in [1.54, 1.807) is 7.11 Å². The van der Waals surface area contributed by atoms with Crippen LogP contribution in [0.2, 0.25) is 0 Å². The maximum atomic E-state index is 5.45. The van der Waals surface area contributed by atoms with Crippen molar-refractivity contribution in [2.75, 3.05) is 40.4 Å². The van der Waals surface area contributed by atoms with E-state index in [1.807, 2.05) is 6.92 Å². The molecule has 0 fully saturated rings. The normalized spacial score (nSPS) is 14.5. The van der Waals surface area contributed by atoms with Gasteiger partial charge in [0.25, 0.3) is 0 Å². The van der Waals surface area contributed by atoms with Gasteiger partial charge in [-0.05, 0) is 20.8 Å². The summed E-state index contributed by atoms with van der Waals surface area (Å²) in [5.74, 6) is 0. The maximum absolute atomic E-state index is 5.45. The minimum Gasteiger partial charge on any atom is -0.356 e. The lowest BCUT2D eigenvalue weighted by Crippen LogP contribution is -2.46. The number of nitrogens with zero attached hydrogens (tertiary/aromatic N) is 1. The Bertz CT molecular complexity index is 124. The molecule has 0 spiro atoms. The molecule has 0 saturated carbocycles. The summed E-state index contributed by atoms with van der Waals surface area (Å²) in [6, 6.07) is 0. The number of hydrogen-bond donors (Lipinski definition) is 0. The standard InChI is InChI=1S/C10H24NO2/c1-6-11(4,7-2)8-9-13-10(3)12-5/h10H,6-9H2,1-5H3/q+1. The summed E-state index contributed by atoms with van der Waals surface area (Å²) in [5.41, 5.74) is 0. The molecule has 0 N–H and O–H groups in total. The first-order chi connectivity index (χ1) is 6.08. The van der Waals surface area contributed by atoms with Crippen LogP contribution < -0.4 is 0 Å². The first-order valence-corrected chi connectivity index (χ1v) is 5.06. The average Bonchev–Trinajstić information content (AvgIpc) is 2.17. The highest BCUT2D eigenvalue weighted by atomic mass is 16.7. The zero-order valence-electron chi connectivity index (χ0n) is 9.67. The van der Waals surface area contributed by atoms with Gasteiger partial charge in [0.15, 0.2) is 6.29 Å². The van der Waals surface area contributed by atoms with Crippen molar-refractivity contribution in [1.29, 1.82) is 0 Å². The van der Waals surface area contributed by atoms with Crippen LogP contribution in [-0.2, 0) is 9.47 Å². The fourth-order valence-electron chi connectivity index (χ4n) is 1.05. The molecule has 0 rings (SSSR count). The molecule has 0 aliphatic carbocycles.